The van der Waals surface area contributed by atoms with E-state index >= 15 is 0 Å². The molecule has 1 aromatic carbocycles. The number of nitrogens with zero attached hydrogens (tertiary/aromatic N) is 2. The van der Waals surface area contributed by atoms with Crippen LogP contribution in [0.3, 0.4) is 0 Å². The van der Waals surface area contributed by atoms with Gasteiger partial charge in [-0.2, -0.15) is 0 Å². The van der Waals surface area contributed by atoms with Crippen LogP contribution in [0.4, 0.5) is 0 Å². The topological polar surface area (TPSA) is 55.5 Å². The van der Waals surface area contributed by atoms with Crippen molar-refractivity contribution in [1.29, 1.82) is 0 Å². The second-order valence-electron chi connectivity index (χ2n) is 2.61. The Balaban J connectivity index is 2.42. The SMILES string of the molecule is O=C=NCc1ccc2cnoc2c1. The molecule has 0 N–H and O–H groups in total. The molecule has 0 aliphatic rings. The molecule has 0 saturated carbocycles. The third-order valence-corrected chi connectivity index (χ3v) is 1.75. The summed E-state index contributed by atoms with van der Waals surface area (Å²) in [7, 11) is 0. The molecular formula is C9H6N2O2. The van der Waals surface area contributed by atoms with Crippen LogP contribution in [0.1, 0.15) is 5.56 Å². The van der Waals surface area contributed by atoms with Crippen LogP contribution >= 0.6 is 0 Å². The van der Waals surface area contributed by atoms with Crippen molar-refractivity contribution in [3.05, 3.63) is 30.0 Å². The van der Waals surface area contributed by atoms with Crippen LogP contribution in [0, 0.1) is 0 Å². The number of hydrogen-bond acceptors (Lipinski definition) is 4. The summed E-state index contributed by atoms with van der Waals surface area (Å²) in [5.41, 5.74) is 1.62. The first-order valence-corrected chi connectivity index (χ1v) is 3.77. The van der Waals surface area contributed by atoms with E-state index in [0.29, 0.717) is 12.1 Å². The molecule has 4 heteroatoms. The number of hydrogen-bond donors (Lipinski definition) is 0. The highest BCUT2D eigenvalue weighted by molar-refractivity contribution is 5.76. The maximum Gasteiger partial charge on any atom is 0.235 e. The number of rotatable bonds is 2. The second-order valence-corrected chi connectivity index (χ2v) is 2.61. The van der Waals surface area contributed by atoms with E-state index in [0.717, 1.165) is 10.9 Å². The van der Waals surface area contributed by atoms with Crippen molar-refractivity contribution in [2.24, 2.45) is 4.99 Å². The van der Waals surface area contributed by atoms with E-state index in [1.807, 2.05) is 18.2 Å². The lowest BCUT2D eigenvalue weighted by Gasteiger charge is -1.92. The van der Waals surface area contributed by atoms with Gasteiger partial charge in [-0.05, 0) is 17.7 Å². The molecule has 2 aromatic rings. The van der Waals surface area contributed by atoms with Crippen molar-refractivity contribution >= 4 is 17.0 Å². The van der Waals surface area contributed by atoms with Gasteiger partial charge >= 0.3 is 0 Å². The normalized spacial score (nSPS) is 9.85. The predicted molar refractivity (Wildman–Crippen MR) is 45.8 cm³/mol. The number of isocyanates is 1. The summed E-state index contributed by atoms with van der Waals surface area (Å²) >= 11 is 0. The van der Waals surface area contributed by atoms with Crippen LogP contribution in [-0.4, -0.2) is 11.2 Å². The molecule has 64 valence electrons. The van der Waals surface area contributed by atoms with Gasteiger partial charge in [0.2, 0.25) is 6.08 Å². The first kappa shape index (κ1) is 7.71. The van der Waals surface area contributed by atoms with E-state index in [2.05, 4.69) is 10.1 Å². The van der Waals surface area contributed by atoms with Gasteiger partial charge < -0.3 is 4.52 Å². The lowest BCUT2D eigenvalue weighted by molar-refractivity contribution is 0.456. The Morgan fingerprint density at radius 3 is 3.31 bits per heavy atom. The van der Waals surface area contributed by atoms with Gasteiger partial charge in [0.25, 0.3) is 0 Å². The zero-order valence-corrected chi connectivity index (χ0v) is 6.73. The van der Waals surface area contributed by atoms with E-state index in [9.17, 15) is 4.79 Å². The lowest BCUT2D eigenvalue weighted by Crippen LogP contribution is -1.79. The van der Waals surface area contributed by atoms with Crippen LogP contribution in [0.25, 0.3) is 11.0 Å². The molecule has 0 saturated heterocycles. The standard InChI is InChI=1S/C9H6N2O2/c12-6-10-4-7-1-2-8-5-11-13-9(8)3-7/h1-3,5H,4H2. The maximum absolute atomic E-state index is 9.86. The van der Waals surface area contributed by atoms with E-state index < -0.39 is 0 Å². The molecule has 0 aliphatic carbocycles. The second kappa shape index (κ2) is 3.21. The number of benzene rings is 1. The Morgan fingerprint density at radius 1 is 1.54 bits per heavy atom. The van der Waals surface area contributed by atoms with Gasteiger partial charge in [-0.1, -0.05) is 11.2 Å². The zero-order chi connectivity index (χ0) is 9.10. The molecule has 0 radical (unpaired) electrons. The minimum atomic E-state index is 0.333. The first-order chi connectivity index (χ1) is 6.40. The summed E-state index contributed by atoms with van der Waals surface area (Å²) in [6.07, 6.45) is 3.13. The van der Waals surface area contributed by atoms with Gasteiger partial charge in [-0.25, -0.2) is 9.79 Å². The van der Waals surface area contributed by atoms with Crippen molar-refractivity contribution in [1.82, 2.24) is 5.16 Å². The monoisotopic (exact) mass is 174 g/mol. The van der Waals surface area contributed by atoms with Crippen molar-refractivity contribution < 1.29 is 9.32 Å². The third-order valence-electron chi connectivity index (χ3n) is 1.75. The van der Waals surface area contributed by atoms with Crippen molar-refractivity contribution in [2.45, 2.75) is 6.54 Å². The third kappa shape index (κ3) is 1.48. The number of aliphatic imine (C=N–C) groups is 1. The molecule has 0 fully saturated rings. The Kier molecular flexibility index (Phi) is 1.90. The molecule has 0 atom stereocenters. The fourth-order valence-corrected chi connectivity index (χ4v) is 1.13. The summed E-state index contributed by atoms with van der Waals surface area (Å²) in [4.78, 5) is 13.3. The number of fused-ring (bicyclic) bond motifs is 1. The number of carbonyl (C=O) groups excluding carboxylic acids is 1. The van der Waals surface area contributed by atoms with Gasteiger partial charge in [-0.3, -0.25) is 0 Å². The molecule has 0 aliphatic heterocycles. The van der Waals surface area contributed by atoms with Crippen molar-refractivity contribution in [3.8, 4) is 0 Å². The summed E-state index contributed by atoms with van der Waals surface area (Å²) < 4.78 is 4.95. The summed E-state index contributed by atoms with van der Waals surface area (Å²) in [5.74, 6) is 0. The molecule has 0 spiro atoms. The molecule has 0 amide bonds. The molecule has 1 aromatic heterocycles. The molecule has 0 bridgehead atoms. The van der Waals surface area contributed by atoms with Crippen LogP contribution in [0.15, 0.2) is 33.9 Å². The lowest BCUT2D eigenvalue weighted by atomic mass is 10.2. The minimum absolute atomic E-state index is 0.333. The molecule has 2 rings (SSSR count). The van der Waals surface area contributed by atoms with E-state index in [-0.39, 0.29) is 0 Å². The van der Waals surface area contributed by atoms with Crippen LogP contribution in [0.5, 0.6) is 0 Å². The Morgan fingerprint density at radius 2 is 2.46 bits per heavy atom. The van der Waals surface area contributed by atoms with Crippen molar-refractivity contribution in [2.75, 3.05) is 0 Å². The van der Waals surface area contributed by atoms with E-state index in [1.54, 1.807) is 6.20 Å². The smallest absolute Gasteiger partial charge is 0.235 e. The van der Waals surface area contributed by atoms with Crippen LogP contribution in [0.2, 0.25) is 0 Å². The fraction of sp³-hybridized carbons (Fsp3) is 0.111. The van der Waals surface area contributed by atoms with Gasteiger partial charge in [0.15, 0.2) is 5.58 Å². The average molecular weight is 174 g/mol. The van der Waals surface area contributed by atoms with Crippen LogP contribution < -0.4 is 0 Å². The highest BCUT2D eigenvalue weighted by Gasteiger charge is 1.98. The van der Waals surface area contributed by atoms with E-state index in [4.69, 9.17) is 4.52 Å². The minimum Gasteiger partial charge on any atom is -0.356 e. The van der Waals surface area contributed by atoms with Gasteiger partial charge in [0, 0.05) is 5.39 Å². The number of aromatic nitrogens is 1. The summed E-state index contributed by atoms with van der Waals surface area (Å²) in [6, 6.07) is 5.56. The molecule has 1 heterocycles. The highest BCUT2D eigenvalue weighted by atomic mass is 16.5. The molecule has 0 unspecified atom stereocenters. The Bertz CT molecular complexity index is 469. The largest absolute Gasteiger partial charge is 0.356 e. The summed E-state index contributed by atoms with van der Waals surface area (Å²) in [6.45, 7) is 0.333. The molecular weight excluding hydrogens is 168 g/mol. The summed E-state index contributed by atoms with van der Waals surface area (Å²) in [5, 5.41) is 4.58. The Hall–Kier alpha value is -1.93. The van der Waals surface area contributed by atoms with Gasteiger partial charge in [0.05, 0.1) is 12.7 Å². The average Bonchev–Trinajstić information content (AvgIpc) is 2.61. The van der Waals surface area contributed by atoms with Gasteiger partial charge in [0.1, 0.15) is 0 Å². The Labute approximate surface area is 73.9 Å². The van der Waals surface area contributed by atoms with E-state index in [1.165, 1.54) is 6.08 Å². The predicted octanol–water partition coefficient (Wildman–Crippen LogP) is 1.66. The maximum atomic E-state index is 9.86. The molecule has 4 nitrogen and oxygen atoms in total. The zero-order valence-electron chi connectivity index (χ0n) is 6.73. The highest BCUT2D eigenvalue weighted by Crippen LogP contribution is 2.15. The van der Waals surface area contributed by atoms with Crippen molar-refractivity contribution in [3.63, 3.8) is 0 Å². The quantitative estimate of drug-likeness (QED) is 0.514. The molecule has 13 heavy (non-hydrogen) atoms. The first-order valence-electron chi connectivity index (χ1n) is 3.77. The fourth-order valence-electron chi connectivity index (χ4n) is 1.13. The van der Waals surface area contributed by atoms with Gasteiger partial charge in [-0.15, -0.1) is 0 Å². The van der Waals surface area contributed by atoms with Crippen LogP contribution in [-0.2, 0) is 11.3 Å².